The second kappa shape index (κ2) is 7.01. The van der Waals surface area contributed by atoms with E-state index in [2.05, 4.69) is 5.32 Å². The highest BCUT2D eigenvalue weighted by atomic mass is 16.3. The van der Waals surface area contributed by atoms with Gasteiger partial charge in [0.2, 0.25) is 0 Å². The molecule has 0 spiro atoms. The van der Waals surface area contributed by atoms with E-state index in [0.29, 0.717) is 42.8 Å². The summed E-state index contributed by atoms with van der Waals surface area (Å²) in [4.78, 5) is 26.2. The normalized spacial score (nSPS) is 14.9. The third-order valence-corrected chi connectivity index (χ3v) is 4.10. The zero-order valence-electron chi connectivity index (χ0n) is 13.1. The molecule has 1 N–H and O–H groups in total. The van der Waals surface area contributed by atoms with Crippen molar-refractivity contribution in [2.45, 2.75) is 18.9 Å². The number of nitrogens with one attached hydrogen (secondary N) is 1. The summed E-state index contributed by atoms with van der Waals surface area (Å²) >= 11 is 0. The number of nitriles is 1. The molecule has 2 heterocycles. The summed E-state index contributed by atoms with van der Waals surface area (Å²) < 4.78 is 5.13. The monoisotopic (exact) mass is 323 g/mol. The lowest BCUT2D eigenvalue weighted by atomic mass is 10.0. The molecule has 0 aliphatic carbocycles. The Kier molecular flexibility index (Phi) is 4.62. The molecule has 0 unspecified atom stereocenters. The largest absolute Gasteiger partial charge is 0.459 e. The molecule has 24 heavy (non-hydrogen) atoms. The van der Waals surface area contributed by atoms with Gasteiger partial charge in [0.1, 0.15) is 0 Å². The maximum absolute atomic E-state index is 12.3. The van der Waals surface area contributed by atoms with Crippen LogP contribution in [0, 0.1) is 11.3 Å². The average Bonchev–Trinajstić information content (AvgIpc) is 3.16. The molecule has 2 amide bonds. The summed E-state index contributed by atoms with van der Waals surface area (Å²) in [6.07, 6.45) is 2.86. The number of benzene rings is 1. The minimum absolute atomic E-state index is 0.0175. The van der Waals surface area contributed by atoms with Crippen LogP contribution < -0.4 is 5.32 Å². The van der Waals surface area contributed by atoms with Gasteiger partial charge in [-0.1, -0.05) is 6.07 Å². The molecule has 1 aromatic carbocycles. The van der Waals surface area contributed by atoms with Crippen LogP contribution in [-0.4, -0.2) is 35.8 Å². The number of piperidine rings is 1. The molecule has 1 saturated heterocycles. The van der Waals surface area contributed by atoms with Crippen LogP contribution in [0.5, 0.6) is 0 Å². The molecule has 1 aliphatic rings. The van der Waals surface area contributed by atoms with E-state index in [1.165, 1.54) is 6.26 Å². The molecule has 1 aliphatic heterocycles. The minimum atomic E-state index is -0.192. The van der Waals surface area contributed by atoms with E-state index < -0.39 is 0 Å². The fourth-order valence-electron chi connectivity index (χ4n) is 2.78. The van der Waals surface area contributed by atoms with Gasteiger partial charge in [0.15, 0.2) is 5.76 Å². The van der Waals surface area contributed by atoms with Crippen molar-refractivity contribution in [1.29, 1.82) is 5.26 Å². The average molecular weight is 323 g/mol. The Hall–Kier alpha value is -3.07. The summed E-state index contributed by atoms with van der Waals surface area (Å²) in [5, 5.41) is 11.9. The highest BCUT2D eigenvalue weighted by molar-refractivity contribution is 5.95. The molecule has 1 fully saturated rings. The number of furan rings is 1. The van der Waals surface area contributed by atoms with Crippen molar-refractivity contribution in [3.63, 3.8) is 0 Å². The van der Waals surface area contributed by atoms with E-state index in [1.54, 1.807) is 41.3 Å². The molecule has 122 valence electrons. The van der Waals surface area contributed by atoms with Gasteiger partial charge in [-0.3, -0.25) is 9.59 Å². The zero-order valence-corrected chi connectivity index (χ0v) is 13.1. The minimum Gasteiger partial charge on any atom is -0.459 e. The van der Waals surface area contributed by atoms with Crippen LogP contribution in [0.2, 0.25) is 0 Å². The molecule has 6 heteroatoms. The molecule has 0 saturated carbocycles. The number of amides is 2. The summed E-state index contributed by atoms with van der Waals surface area (Å²) in [6.45, 7) is 1.14. The first-order chi connectivity index (χ1) is 11.7. The van der Waals surface area contributed by atoms with Crippen molar-refractivity contribution >= 4 is 11.8 Å². The molecule has 6 nitrogen and oxygen atoms in total. The number of hydrogen-bond donors (Lipinski definition) is 1. The number of carbonyl (C=O) groups excluding carboxylic acids is 2. The lowest BCUT2D eigenvalue weighted by molar-refractivity contribution is 0.0667. The molecule has 3 rings (SSSR count). The van der Waals surface area contributed by atoms with Crippen LogP contribution in [0.3, 0.4) is 0 Å². The first-order valence-corrected chi connectivity index (χ1v) is 7.81. The third kappa shape index (κ3) is 3.46. The van der Waals surface area contributed by atoms with Crippen molar-refractivity contribution in [2.75, 3.05) is 13.1 Å². The van der Waals surface area contributed by atoms with Gasteiger partial charge in [-0.15, -0.1) is 0 Å². The van der Waals surface area contributed by atoms with Crippen molar-refractivity contribution in [3.05, 3.63) is 59.5 Å². The topological polar surface area (TPSA) is 86.3 Å². The van der Waals surface area contributed by atoms with Gasteiger partial charge in [-0.2, -0.15) is 5.26 Å². The highest BCUT2D eigenvalue weighted by Crippen LogP contribution is 2.15. The lowest BCUT2D eigenvalue weighted by Crippen LogP contribution is -2.46. The Morgan fingerprint density at radius 1 is 1.21 bits per heavy atom. The smallest absolute Gasteiger partial charge is 0.289 e. The number of likely N-dealkylation sites (tertiary alicyclic amines) is 1. The Morgan fingerprint density at radius 3 is 2.67 bits per heavy atom. The van der Waals surface area contributed by atoms with Gasteiger partial charge in [-0.25, -0.2) is 0 Å². The SMILES string of the molecule is N#Cc1cccc(C(=O)NC2CCN(C(=O)c3ccco3)CC2)c1. The van der Waals surface area contributed by atoms with Crippen molar-refractivity contribution in [2.24, 2.45) is 0 Å². The zero-order chi connectivity index (χ0) is 16.9. The van der Waals surface area contributed by atoms with Crippen LogP contribution in [-0.2, 0) is 0 Å². The summed E-state index contributed by atoms with van der Waals surface area (Å²) in [7, 11) is 0. The van der Waals surface area contributed by atoms with Crippen LogP contribution in [0.4, 0.5) is 0 Å². The van der Waals surface area contributed by atoms with Crippen LogP contribution in [0.15, 0.2) is 47.1 Å². The molecule has 0 atom stereocenters. The molecule has 1 aromatic heterocycles. The molecular weight excluding hydrogens is 306 g/mol. The van der Waals surface area contributed by atoms with E-state index in [9.17, 15) is 9.59 Å². The van der Waals surface area contributed by atoms with Crippen LogP contribution in [0.25, 0.3) is 0 Å². The Balaban J connectivity index is 1.54. The van der Waals surface area contributed by atoms with Gasteiger partial charge in [0.25, 0.3) is 11.8 Å². The first-order valence-electron chi connectivity index (χ1n) is 7.81. The molecule has 2 aromatic rings. The van der Waals surface area contributed by atoms with E-state index >= 15 is 0 Å². The fraction of sp³-hybridized carbons (Fsp3) is 0.278. The maximum atomic E-state index is 12.3. The summed E-state index contributed by atoms with van der Waals surface area (Å²) in [6, 6.07) is 12.0. The first kappa shape index (κ1) is 15.8. The predicted molar refractivity (Wildman–Crippen MR) is 86.3 cm³/mol. The highest BCUT2D eigenvalue weighted by Gasteiger charge is 2.26. The maximum Gasteiger partial charge on any atom is 0.289 e. The van der Waals surface area contributed by atoms with Gasteiger partial charge >= 0.3 is 0 Å². The Bertz CT molecular complexity index is 769. The fourth-order valence-corrected chi connectivity index (χ4v) is 2.78. The van der Waals surface area contributed by atoms with Gasteiger partial charge in [0.05, 0.1) is 17.9 Å². The summed E-state index contributed by atoms with van der Waals surface area (Å²) in [5.41, 5.74) is 0.935. The number of nitrogens with zero attached hydrogens (tertiary/aromatic N) is 2. The lowest BCUT2D eigenvalue weighted by Gasteiger charge is -2.31. The second-order valence-electron chi connectivity index (χ2n) is 5.71. The quantitative estimate of drug-likeness (QED) is 0.938. The van der Waals surface area contributed by atoms with Crippen LogP contribution in [0.1, 0.15) is 39.3 Å². The van der Waals surface area contributed by atoms with Gasteiger partial charge in [0, 0.05) is 24.7 Å². The number of rotatable bonds is 3. The number of carbonyl (C=O) groups is 2. The van der Waals surface area contributed by atoms with E-state index in [0.717, 1.165) is 0 Å². The van der Waals surface area contributed by atoms with Gasteiger partial charge in [-0.05, 0) is 43.2 Å². The second-order valence-corrected chi connectivity index (χ2v) is 5.71. The van der Waals surface area contributed by atoms with Crippen molar-refractivity contribution < 1.29 is 14.0 Å². The Labute approximate surface area is 139 Å². The van der Waals surface area contributed by atoms with Crippen LogP contribution >= 0.6 is 0 Å². The third-order valence-electron chi connectivity index (χ3n) is 4.10. The Morgan fingerprint density at radius 2 is 2.00 bits per heavy atom. The molecule has 0 bridgehead atoms. The van der Waals surface area contributed by atoms with E-state index in [1.807, 2.05) is 6.07 Å². The number of hydrogen-bond acceptors (Lipinski definition) is 4. The summed E-state index contributed by atoms with van der Waals surface area (Å²) in [5.74, 6) is 0.0280. The van der Waals surface area contributed by atoms with Crippen molar-refractivity contribution in [3.8, 4) is 6.07 Å². The van der Waals surface area contributed by atoms with Crippen molar-refractivity contribution in [1.82, 2.24) is 10.2 Å². The predicted octanol–water partition coefficient (Wildman–Crippen LogP) is 2.19. The van der Waals surface area contributed by atoms with E-state index in [4.69, 9.17) is 9.68 Å². The molecule has 0 radical (unpaired) electrons. The standard InChI is InChI=1S/C18H17N3O3/c19-12-13-3-1-4-14(11-13)17(22)20-15-6-8-21(9-7-15)18(23)16-5-2-10-24-16/h1-5,10-11,15H,6-9H2,(H,20,22). The van der Waals surface area contributed by atoms with E-state index in [-0.39, 0.29) is 17.9 Å². The van der Waals surface area contributed by atoms with Gasteiger partial charge < -0.3 is 14.6 Å². The molecular formula is C18H17N3O3.